The van der Waals surface area contributed by atoms with Gasteiger partial charge in [0.05, 0.1) is 0 Å². The molecule has 2 heterocycles. The Hall–Kier alpha value is -1.95. The number of hydrogen-bond acceptors (Lipinski definition) is 3. The van der Waals surface area contributed by atoms with E-state index in [9.17, 15) is 19.1 Å². The van der Waals surface area contributed by atoms with E-state index in [1.165, 1.54) is 24.3 Å². The van der Waals surface area contributed by atoms with E-state index in [1.807, 2.05) is 4.90 Å². The van der Waals surface area contributed by atoms with Gasteiger partial charge in [0.15, 0.2) is 6.10 Å². The second-order valence-corrected chi connectivity index (χ2v) is 7.00. The van der Waals surface area contributed by atoms with Crippen molar-refractivity contribution in [2.75, 3.05) is 26.2 Å². The zero-order chi connectivity index (χ0) is 17.8. The summed E-state index contributed by atoms with van der Waals surface area (Å²) in [6.45, 7) is 2.93. The average Bonchev–Trinajstić information content (AvgIpc) is 3.05. The molecule has 5 nitrogen and oxygen atoms in total. The van der Waals surface area contributed by atoms with Gasteiger partial charge in [-0.15, -0.1) is 0 Å². The molecule has 2 amide bonds. The van der Waals surface area contributed by atoms with E-state index >= 15 is 0 Å². The van der Waals surface area contributed by atoms with E-state index < -0.39 is 6.10 Å². The zero-order valence-electron chi connectivity index (χ0n) is 14.4. The minimum Gasteiger partial charge on any atom is -0.378 e. The molecule has 0 unspecified atom stereocenters. The Labute approximate surface area is 147 Å². The van der Waals surface area contributed by atoms with E-state index in [2.05, 4.69) is 0 Å². The molecular formula is C19H25FN2O3. The third-order valence-corrected chi connectivity index (χ3v) is 5.32. The predicted molar refractivity (Wildman–Crippen MR) is 91.1 cm³/mol. The molecule has 1 N–H and O–H groups in total. The summed E-state index contributed by atoms with van der Waals surface area (Å²) < 4.78 is 13.0. The van der Waals surface area contributed by atoms with Crippen LogP contribution in [0, 0.1) is 11.7 Å². The molecule has 3 rings (SSSR count). The number of hydrogen-bond donors (Lipinski definition) is 1. The summed E-state index contributed by atoms with van der Waals surface area (Å²) in [5.74, 6) is 0.0657. The largest absolute Gasteiger partial charge is 0.378 e. The number of carbonyl (C=O) groups is 2. The summed E-state index contributed by atoms with van der Waals surface area (Å²) in [4.78, 5) is 27.7. The number of likely N-dealkylation sites (tertiary alicyclic amines) is 2. The maximum Gasteiger partial charge on any atom is 0.256 e. The minimum atomic E-state index is -1.24. The highest BCUT2D eigenvalue weighted by molar-refractivity contribution is 5.82. The van der Waals surface area contributed by atoms with Gasteiger partial charge >= 0.3 is 0 Å². The summed E-state index contributed by atoms with van der Waals surface area (Å²) in [7, 11) is 0. The van der Waals surface area contributed by atoms with Gasteiger partial charge in [0.25, 0.3) is 5.91 Å². The molecule has 2 fully saturated rings. The number of halogens is 1. The molecule has 0 aromatic heterocycles. The molecule has 2 saturated heterocycles. The van der Waals surface area contributed by atoms with Crippen LogP contribution < -0.4 is 0 Å². The Balaban J connectivity index is 1.45. The highest BCUT2D eigenvalue weighted by atomic mass is 19.1. The summed E-state index contributed by atoms with van der Waals surface area (Å²) in [6.07, 6.45) is 3.17. The van der Waals surface area contributed by atoms with Crippen LogP contribution in [0.2, 0.25) is 0 Å². The fourth-order valence-electron chi connectivity index (χ4n) is 3.68. The van der Waals surface area contributed by atoms with E-state index in [-0.39, 0.29) is 17.6 Å². The van der Waals surface area contributed by atoms with Gasteiger partial charge in [0.1, 0.15) is 5.82 Å². The Morgan fingerprint density at radius 2 is 1.88 bits per heavy atom. The van der Waals surface area contributed by atoms with Crippen molar-refractivity contribution in [1.29, 1.82) is 0 Å². The fourth-order valence-corrected chi connectivity index (χ4v) is 3.68. The summed E-state index contributed by atoms with van der Waals surface area (Å²) in [6, 6.07) is 5.38. The quantitative estimate of drug-likeness (QED) is 0.887. The molecule has 2 aliphatic heterocycles. The van der Waals surface area contributed by atoms with Crippen molar-refractivity contribution in [3.63, 3.8) is 0 Å². The lowest BCUT2D eigenvalue weighted by Crippen LogP contribution is -2.41. The van der Waals surface area contributed by atoms with Gasteiger partial charge in [-0.05, 0) is 49.3 Å². The van der Waals surface area contributed by atoms with Crippen molar-refractivity contribution in [2.45, 2.75) is 38.2 Å². The first-order valence-electron chi connectivity index (χ1n) is 9.04. The van der Waals surface area contributed by atoms with Gasteiger partial charge in [0.2, 0.25) is 5.91 Å². The van der Waals surface area contributed by atoms with Crippen molar-refractivity contribution < 1.29 is 19.1 Å². The molecule has 0 spiro atoms. The Morgan fingerprint density at radius 1 is 1.20 bits per heavy atom. The van der Waals surface area contributed by atoms with Crippen LogP contribution >= 0.6 is 0 Å². The first kappa shape index (κ1) is 17.9. The van der Waals surface area contributed by atoms with Crippen LogP contribution in [-0.2, 0) is 9.59 Å². The predicted octanol–water partition coefficient (Wildman–Crippen LogP) is 2.11. The summed E-state index contributed by atoms with van der Waals surface area (Å²) in [5.41, 5.74) is 0.418. The Bertz CT molecular complexity index is 612. The monoisotopic (exact) mass is 348 g/mol. The van der Waals surface area contributed by atoms with Gasteiger partial charge in [0, 0.05) is 32.6 Å². The molecule has 6 heteroatoms. The lowest BCUT2D eigenvalue weighted by molar-refractivity contribution is -0.142. The molecule has 1 aromatic carbocycles. The minimum absolute atomic E-state index is 0.259. The van der Waals surface area contributed by atoms with Crippen LogP contribution in [0.25, 0.3) is 0 Å². The average molecular weight is 348 g/mol. The lowest BCUT2D eigenvalue weighted by atomic mass is 9.93. The molecule has 1 atom stereocenters. The van der Waals surface area contributed by atoms with Crippen LogP contribution in [0.3, 0.4) is 0 Å². The number of aliphatic hydroxyl groups is 1. The van der Waals surface area contributed by atoms with Crippen molar-refractivity contribution in [1.82, 2.24) is 9.80 Å². The van der Waals surface area contributed by atoms with Crippen molar-refractivity contribution in [3.05, 3.63) is 35.6 Å². The first-order chi connectivity index (χ1) is 12.0. The Kier molecular flexibility index (Phi) is 5.68. The zero-order valence-corrected chi connectivity index (χ0v) is 14.4. The van der Waals surface area contributed by atoms with Gasteiger partial charge < -0.3 is 14.9 Å². The van der Waals surface area contributed by atoms with E-state index in [0.29, 0.717) is 31.0 Å². The molecule has 0 bridgehead atoms. The Morgan fingerprint density at radius 3 is 2.48 bits per heavy atom. The van der Waals surface area contributed by atoms with E-state index in [4.69, 9.17) is 0 Å². The number of piperidine rings is 1. The van der Waals surface area contributed by atoms with Crippen molar-refractivity contribution in [2.24, 2.45) is 5.92 Å². The van der Waals surface area contributed by atoms with Crippen molar-refractivity contribution >= 4 is 11.8 Å². The molecule has 1 aromatic rings. The topological polar surface area (TPSA) is 60.9 Å². The number of carbonyl (C=O) groups excluding carboxylic acids is 2. The molecule has 2 aliphatic rings. The van der Waals surface area contributed by atoms with Crippen LogP contribution in [0.4, 0.5) is 4.39 Å². The number of nitrogens with zero attached hydrogens (tertiary/aromatic N) is 2. The van der Waals surface area contributed by atoms with Gasteiger partial charge in [-0.3, -0.25) is 9.59 Å². The second kappa shape index (κ2) is 7.95. The van der Waals surface area contributed by atoms with E-state index in [1.54, 1.807) is 4.90 Å². The van der Waals surface area contributed by atoms with Crippen LogP contribution in [-0.4, -0.2) is 52.9 Å². The molecule has 25 heavy (non-hydrogen) atoms. The van der Waals surface area contributed by atoms with Gasteiger partial charge in [-0.2, -0.15) is 0 Å². The van der Waals surface area contributed by atoms with Gasteiger partial charge in [-0.25, -0.2) is 4.39 Å². The van der Waals surface area contributed by atoms with Crippen LogP contribution in [0.1, 0.15) is 43.8 Å². The molecule has 0 saturated carbocycles. The molecule has 136 valence electrons. The smallest absolute Gasteiger partial charge is 0.256 e. The number of benzene rings is 1. The van der Waals surface area contributed by atoms with Gasteiger partial charge in [-0.1, -0.05) is 12.1 Å². The molecule has 0 aliphatic carbocycles. The number of rotatable bonds is 5. The fraction of sp³-hybridized carbons (Fsp3) is 0.579. The lowest BCUT2D eigenvalue weighted by Gasteiger charge is -2.34. The highest BCUT2D eigenvalue weighted by Gasteiger charge is 2.29. The SMILES string of the molecule is O=C1CCCN1CCC1CCN(C(=O)[C@H](O)c2ccc(F)cc2)CC1. The van der Waals surface area contributed by atoms with E-state index in [0.717, 1.165) is 38.8 Å². The maximum atomic E-state index is 13.0. The summed E-state index contributed by atoms with van der Waals surface area (Å²) in [5, 5.41) is 10.2. The third kappa shape index (κ3) is 4.37. The van der Waals surface area contributed by atoms with Crippen molar-refractivity contribution in [3.8, 4) is 0 Å². The first-order valence-corrected chi connectivity index (χ1v) is 9.04. The maximum absolute atomic E-state index is 13.0. The second-order valence-electron chi connectivity index (χ2n) is 7.00. The highest BCUT2D eigenvalue weighted by Crippen LogP contribution is 2.25. The third-order valence-electron chi connectivity index (χ3n) is 5.32. The normalized spacial score (nSPS) is 20.2. The van der Waals surface area contributed by atoms with Crippen LogP contribution in [0.15, 0.2) is 24.3 Å². The van der Waals surface area contributed by atoms with Crippen LogP contribution in [0.5, 0.6) is 0 Å². The summed E-state index contributed by atoms with van der Waals surface area (Å²) >= 11 is 0. The number of amides is 2. The molecule has 0 radical (unpaired) electrons. The molecular weight excluding hydrogens is 323 g/mol. The number of aliphatic hydroxyl groups excluding tert-OH is 1. The standard InChI is InChI=1S/C19H25FN2O3/c20-16-5-3-15(4-6-16)18(24)19(25)22-12-8-14(9-13-22)7-11-21-10-1-2-17(21)23/h3-6,14,18,24H,1-2,7-13H2/t18-/m1/s1.